The fourth-order valence-electron chi connectivity index (χ4n) is 2.52. The fraction of sp³-hybridized carbons (Fsp3) is 0.600. The molecular formula is C15H20N4S2. The molecule has 2 heterocycles. The summed E-state index contributed by atoms with van der Waals surface area (Å²) in [5.41, 5.74) is 0. The summed E-state index contributed by atoms with van der Waals surface area (Å²) in [6.45, 7) is 1.99. The van der Waals surface area contributed by atoms with Crippen molar-refractivity contribution < 1.29 is 0 Å². The zero-order valence-electron chi connectivity index (χ0n) is 12.0. The van der Waals surface area contributed by atoms with Gasteiger partial charge in [-0.2, -0.15) is 0 Å². The molecule has 6 heteroatoms. The molecule has 2 fully saturated rings. The summed E-state index contributed by atoms with van der Waals surface area (Å²) in [4.78, 5) is 1.40. The molecule has 0 aromatic carbocycles. The Bertz CT molecular complexity index is 585. The number of aromatic nitrogens is 3. The van der Waals surface area contributed by atoms with Gasteiger partial charge in [-0.15, -0.1) is 21.5 Å². The van der Waals surface area contributed by atoms with Gasteiger partial charge in [-0.25, -0.2) is 0 Å². The van der Waals surface area contributed by atoms with Crippen LogP contribution in [0.3, 0.4) is 0 Å². The lowest BCUT2D eigenvalue weighted by molar-refractivity contribution is 0.626. The van der Waals surface area contributed by atoms with Gasteiger partial charge in [0.25, 0.3) is 0 Å². The van der Waals surface area contributed by atoms with Gasteiger partial charge in [0, 0.05) is 35.7 Å². The lowest BCUT2D eigenvalue weighted by Crippen LogP contribution is -2.16. The van der Waals surface area contributed by atoms with E-state index in [9.17, 15) is 0 Å². The van der Waals surface area contributed by atoms with Gasteiger partial charge < -0.3 is 9.88 Å². The predicted octanol–water partition coefficient (Wildman–Crippen LogP) is 3.43. The predicted molar refractivity (Wildman–Crippen MR) is 87.0 cm³/mol. The number of nitrogens with zero attached hydrogens (tertiary/aromatic N) is 3. The monoisotopic (exact) mass is 320 g/mol. The Morgan fingerprint density at radius 3 is 2.90 bits per heavy atom. The summed E-state index contributed by atoms with van der Waals surface area (Å²) >= 11 is 3.66. The Hall–Kier alpha value is -0.850. The zero-order chi connectivity index (χ0) is 14.1. The van der Waals surface area contributed by atoms with Crippen molar-refractivity contribution in [1.82, 2.24) is 20.1 Å². The minimum absolute atomic E-state index is 0.692. The minimum Gasteiger partial charge on any atom is -0.311 e. The van der Waals surface area contributed by atoms with Gasteiger partial charge >= 0.3 is 0 Å². The van der Waals surface area contributed by atoms with Crippen LogP contribution in [-0.2, 0) is 6.54 Å². The van der Waals surface area contributed by atoms with Crippen molar-refractivity contribution in [3.05, 3.63) is 28.2 Å². The highest BCUT2D eigenvalue weighted by Crippen LogP contribution is 2.45. The first-order chi connectivity index (χ1) is 10.4. The number of hydrogen-bond donors (Lipinski definition) is 1. The van der Waals surface area contributed by atoms with E-state index < -0.39 is 0 Å². The third-order valence-corrected chi connectivity index (χ3v) is 5.76. The van der Waals surface area contributed by atoms with Gasteiger partial charge in [0.15, 0.2) is 5.16 Å². The minimum atomic E-state index is 0.692. The quantitative estimate of drug-likeness (QED) is 0.598. The number of nitrogens with one attached hydrogen (secondary N) is 1. The molecular weight excluding hydrogens is 300 g/mol. The normalized spacial score (nSPS) is 18.3. The Morgan fingerprint density at radius 2 is 2.19 bits per heavy atom. The third kappa shape index (κ3) is 3.33. The summed E-state index contributed by atoms with van der Waals surface area (Å²) in [5, 5.41) is 15.6. The van der Waals surface area contributed by atoms with Crippen molar-refractivity contribution in [3.8, 4) is 0 Å². The molecule has 0 bridgehead atoms. The van der Waals surface area contributed by atoms with Crippen LogP contribution in [0.25, 0.3) is 0 Å². The Labute approximate surface area is 133 Å². The fourth-order valence-corrected chi connectivity index (χ4v) is 4.11. The van der Waals surface area contributed by atoms with Crippen LogP contribution < -0.4 is 5.32 Å². The van der Waals surface area contributed by atoms with Crippen molar-refractivity contribution in [2.24, 2.45) is 0 Å². The molecule has 0 radical (unpaired) electrons. The molecule has 0 amide bonds. The highest BCUT2D eigenvalue weighted by Gasteiger charge is 2.36. The Kier molecular flexibility index (Phi) is 4.01. The van der Waals surface area contributed by atoms with Gasteiger partial charge in [-0.05, 0) is 37.1 Å². The SMILES string of the molecule is c1csc(CNCCSc2nnc(C3CC3)n2C2CC2)c1. The van der Waals surface area contributed by atoms with Crippen molar-refractivity contribution in [2.45, 2.75) is 49.3 Å². The molecule has 4 rings (SSSR count). The molecule has 0 atom stereocenters. The molecule has 2 saturated carbocycles. The second-order valence-electron chi connectivity index (χ2n) is 5.82. The Morgan fingerprint density at radius 1 is 1.29 bits per heavy atom. The van der Waals surface area contributed by atoms with Gasteiger partial charge in [0.1, 0.15) is 5.82 Å². The molecule has 2 aliphatic carbocycles. The highest BCUT2D eigenvalue weighted by atomic mass is 32.2. The van der Waals surface area contributed by atoms with Crippen LogP contribution in [0.1, 0.15) is 48.3 Å². The molecule has 2 aliphatic rings. The molecule has 0 spiro atoms. The molecule has 4 nitrogen and oxygen atoms in total. The Balaban J connectivity index is 1.28. The first-order valence-corrected chi connectivity index (χ1v) is 9.59. The van der Waals surface area contributed by atoms with Crippen LogP contribution in [0.15, 0.2) is 22.7 Å². The molecule has 0 saturated heterocycles. The van der Waals surface area contributed by atoms with Crippen LogP contribution in [0.2, 0.25) is 0 Å². The van der Waals surface area contributed by atoms with Crippen LogP contribution in [0, 0.1) is 0 Å². The maximum Gasteiger partial charge on any atom is 0.191 e. The van der Waals surface area contributed by atoms with Gasteiger partial charge in [-0.3, -0.25) is 0 Å². The van der Waals surface area contributed by atoms with E-state index in [-0.39, 0.29) is 0 Å². The van der Waals surface area contributed by atoms with Crippen molar-refractivity contribution in [1.29, 1.82) is 0 Å². The molecule has 1 N–H and O–H groups in total. The second-order valence-corrected chi connectivity index (χ2v) is 7.92. The molecule has 0 unspecified atom stereocenters. The lowest BCUT2D eigenvalue weighted by Gasteiger charge is -2.08. The van der Waals surface area contributed by atoms with E-state index in [2.05, 4.69) is 37.6 Å². The number of thiophene rings is 1. The van der Waals surface area contributed by atoms with E-state index in [1.165, 1.54) is 36.4 Å². The maximum absolute atomic E-state index is 4.45. The van der Waals surface area contributed by atoms with Gasteiger partial charge in [-0.1, -0.05) is 17.8 Å². The molecule has 2 aromatic heterocycles. The average Bonchev–Trinajstić information content (AvgIpc) is 3.42. The van der Waals surface area contributed by atoms with Gasteiger partial charge in [0.05, 0.1) is 0 Å². The number of rotatable bonds is 8. The molecule has 0 aliphatic heterocycles. The van der Waals surface area contributed by atoms with E-state index in [0.29, 0.717) is 12.0 Å². The van der Waals surface area contributed by atoms with Crippen LogP contribution >= 0.6 is 23.1 Å². The molecule has 2 aromatic rings. The zero-order valence-corrected chi connectivity index (χ0v) is 13.6. The summed E-state index contributed by atoms with van der Waals surface area (Å²) in [5.74, 6) is 3.01. The van der Waals surface area contributed by atoms with E-state index in [1.54, 1.807) is 0 Å². The van der Waals surface area contributed by atoms with Crippen molar-refractivity contribution in [3.63, 3.8) is 0 Å². The smallest absolute Gasteiger partial charge is 0.191 e. The van der Waals surface area contributed by atoms with Crippen LogP contribution in [-0.4, -0.2) is 27.1 Å². The van der Waals surface area contributed by atoms with E-state index in [1.807, 2.05) is 23.1 Å². The first-order valence-electron chi connectivity index (χ1n) is 7.72. The van der Waals surface area contributed by atoms with Crippen molar-refractivity contribution in [2.75, 3.05) is 12.3 Å². The largest absolute Gasteiger partial charge is 0.311 e. The summed E-state index contributed by atoms with van der Waals surface area (Å²) in [7, 11) is 0. The standard InChI is InChI=1S/C15H20N4S2/c1-2-13(20-8-1)10-16-7-9-21-15-18-17-14(11-3-4-11)19(15)12-5-6-12/h1-2,8,11-12,16H,3-7,9-10H2. The summed E-state index contributed by atoms with van der Waals surface area (Å²) in [6, 6.07) is 4.97. The average molecular weight is 320 g/mol. The van der Waals surface area contributed by atoms with Crippen LogP contribution in [0.4, 0.5) is 0 Å². The van der Waals surface area contributed by atoms with E-state index >= 15 is 0 Å². The summed E-state index contributed by atoms with van der Waals surface area (Å²) < 4.78 is 2.43. The summed E-state index contributed by atoms with van der Waals surface area (Å²) in [6.07, 6.45) is 5.22. The van der Waals surface area contributed by atoms with Gasteiger partial charge in [0.2, 0.25) is 0 Å². The van der Waals surface area contributed by atoms with Crippen LogP contribution in [0.5, 0.6) is 0 Å². The molecule has 21 heavy (non-hydrogen) atoms. The highest BCUT2D eigenvalue weighted by molar-refractivity contribution is 7.99. The molecule has 112 valence electrons. The first kappa shape index (κ1) is 13.8. The van der Waals surface area contributed by atoms with E-state index in [0.717, 1.165) is 24.0 Å². The number of hydrogen-bond acceptors (Lipinski definition) is 5. The lowest BCUT2D eigenvalue weighted by atomic mass is 10.4. The number of thioether (sulfide) groups is 1. The maximum atomic E-state index is 4.45. The third-order valence-electron chi connectivity index (χ3n) is 3.93. The van der Waals surface area contributed by atoms with Crippen molar-refractivity contribution >= 4 is 23.1 Å². The topological polar surface area (TPSA) is 42.7 Å². The second kappa shape index (κ2) is 6.10. The van der Waals surface area contributed by atoms with E-state index in [4.69, 9.17) is 0 Å².